The number of nitrogens with two attached hydrogens (primary N) is 1. The average molecular weight is 158 g/mol. The molecule has 2 atom stereocenters. The van der Waals surface area contributed by atoms with Crippen LogP contribution in [0.3, 0.4) is 0 Å². The van der Waals surface area contributed by atoms with Crippen LogP contribution in [0, 0.1) is 0 Å². The molecule has 1 aliphatic rings. The zero-order valence-electron chi connectivity index (χ0n) is 6.16. The summed E-state index contributed by atoms with van der Waals surface area (Å²) in [6.45, 7) is 1.76. The Kier molecular flexibility index (Phi) is 1.98. The number of ether oxygens (including phenoxy) is 1. The molecule has 0 saturated carbocycles. The van der Waals surface area contributed by atoms with Gasteiger partial charge in [-0.05, 0) is 6.92 Å². The minimum atomic E-state index is -0.693. The molecule has 11 heavy (non-hydrogen) atoms. The van der Waals surface area contributed by atoms with E-state index in [4.69, 9.17) is 10.5 Å². The molecule has 5 nitrogen and oxygen atoms in total. The number of rotatable bonds is 1. The topological polar surface area (TPSA) is 81.4 Å². The lowest BCUT2D eigenvalue weighted by Gasteiger charge is -2.03. The van der Waals surface area contributed by atoms with Gasteiger partial charge in [0.05, 0.1) is 0 Å². The number of primary amides is 1. The van der Waals surface area contributed by atoms with E-state index in [2.05, 4.69) is 5.32 Å². The van der Waals surface area contributed by atoms with Crippen molar-refractivity contribution in [3.63, 3.8) is 0 Å². The van der Waals surface area contributed by atoms with Crippen molar-refractivity contribution in [2.75, 3.05) is 0 Å². The predicted molar refractivity (Wildman–Crippen MR) is 36.7 cm³/mol. The third kappa shape index (κ3) is 1.83. The molecule has 0 aliphatic carbocycles. The third-order valence-corrected chi connectivity index (χ3v) is 1.49. The first-order chi connectivity index (χ1) is 5.09. The summed E-state index contributed by atoms with van der Waals surface area (Å²) in [6, 6.07) is -1.25. The van der Waals surface area contributed by atoms with Crippen LogP contribution in [0.5, 0.6) is 0 Å². The van der Waals surface area contributed by atoms with Crippen LogP contribution in [0.1, 0.15) is 13.3 Å². The summed E-state index contributed by atoms with van der Waals surface area (Å²) in [6.07, 6.45) is 0.376. The number of hydrogen-bond acceptors (Lipinski definition) is 3. The number of cyclic esters (lactones) is 1. The summed E-state index contributed by atoms with van der Waals surface area (Å²) in [5, 5.41) is 2.29. The minimum Gasteiger partial charge on any atom is -0.461 e. The van der Waals surface area contributed by atoms with Crippen molar-refractivity contribution in [3.05, 3.63) is 0 Å². The normalized spacial score (nSPS) is 29.7. The van der Waals surface area contributed by atoms with Gasteiger partial charge >= 0.3 is 12.0 Å². The van der Waals surface area contributed by atoms with Crippen molar-refractivity contribution in [3.8, 4) is 0 Å². The van der Waals surface area contributed by atoms with Crippen LogP contribution in [0.25, 0.3) is 0 Å². The summed E-state index contributed by atoms with van der Waals surface area (Å²) < 4.78 is 4.77. The zero-order chi connectivity index (χ0) is 8.43. The van der Waals surface area contributed by atoms with Gasteiger partial charge in [-0.25, -0.2) is 9.59 Å². The number of esters is 1. The van der Waals surface area contributed by atoms with E-state index >= 15 is 0 Å². The molecule has 1 fully saturated rings. The predicted octanol–water partition coefficient (Wildman–Crippen LogP) is -0.641. The van der Waals surface area contributed by atoms with Gasteiger partial charge in [-0.3, -0.25) is 0 Å². The molecular formula is C6H10N2O3. The second-order valence-corrected chi connectivity index (χ2v) is 2.54. The Morgan fingerprint density at radius 1 is 1.82 bits per heavy atom. The molecule has 0 bridgehead atoms. The molecule has 0 aromatic heterocycles. The van der Waals surface area contributed by atoms with Crippen molar-refractivity contribution in [2.45, 2.75) is 25.5 Å². The lowest BCUT2D eigenvalue weighted by atomic mass is 10.2. The maximum atomic E-state index is 10.8. The summed E-state index contributed by atoms with van der Waals surface area (Å²) in [5.74, 6) is -0.406. The minimum absolute atomic E-state index is 0.126. The van der Waals surface area contributed by atoms with E-state index in [0.29, 0.717) is 6.42 Å². The van der Waals surface area contributed by atoms with Crippen LogP contribution in [-0.4, -0.2) is 24.1 Å². The number of nitrogens with one attached hydrogen (secondary N) is 1. The molecule has 1 aliphatic heterocycles. The highest BCUT2D eigenvalue weighted by Gasteiger charge is 2.32. The molecule has 5 heteroatoms. The highest BCUT2D eigenvalue weighted by Crippen LogP contribution is 2.13. The van der Waals surface area contributed by atoms with Gasteiger partial charge < -0.3 is 15.8 Å². The summed E-state index contributed by atoms with van der Waals surface area (Å²) >= 11 is 0. The molecule has 1 rings (SSSR count). The van der Waals surface area contributed by atoms with Crippen molar-refractivity contribution >= 4 is 12.0 Å². The Labute approximate surface area is 63.9 Å². The molecule has 0 spiro atoms. The molecular weight excluding hydrogens is 148 g/mol. The monoisotopic (exact) mass is 158 g/mol. The fraction of sp³-hybridized carbons (Fsp3) is 0.667. The third-order valence-electron chi connectivity index (χ3n) is 1.49. The number of amides is 2. The average Bonchev–Trinajstić information content (AvgIpc) is 2.09. The number of urea groups is 1. The Balaban J connectivity index is 2.47. The Bertz CT molecular complexity index is 192. The van der Waals surface area contributed by atoms with Gasteiger partial charge in [0, 0.05) is 6.42 Å². The van der Waals surface area contributed by atoms with Crippen LogP contribution in [0.2, 0.25) is 0 Å². The first-order valence-electron chi connectivity index (χ1n) is 3.36. The number of carbonyl (C=O) groups excluding carboxylic acids is 2. The largest absolute Gasteiger partial charge is 0.461 e. The highest BCUT2D eigenvalue weighted by molar-refractivity contribution is 5.84. The van der Waals surface area contributed by atoms with E-state index in [0.717, 1.165) is 0 Å². The molecule has 2 unspecified atom stereocenters. The lowest BCUT2D eigenvalue weighted by molar-refractivity contribution is -0.142. The first kappa shape index (κ1) is 7.84. The quantitative estimate of drug-likeness (QED) is 0.498. The van der Waals surface area contributed by atoms with Crippen LogP contribution in [0.4, 0.5) is 4.79 Å². The van der Waals surface area contributed by atoms with Crippen molar-refractivity contribution < 1.29 is 14.3 Å². The summed E-state index contributed by atoms with van der Waals surface area (Å²) in [4.78, 5) is 21.1. The van der Waals surface area contributed by atoms with Gasteiger partial charge in [-0.1, -0.05) is 0 Å². The lowest BCUT2D eigenvalue weighted by Crippen LogP contribution is -2.41. The zero-order valence-corrected chi connectivity index (χ0v) is 6.16. The summed E-state index contributed by atoms with van der Waals surface area (Å²) in [5.41, 5.74) is 4.82. The van der Waals surface area contributed by atoms with Crippen LogP contribution >= 0.6 is 0 Å². The highest BCUT2D eigenvalue weighted by atomic mass is 16.6. The second kappa shape index (κ2) is 2.77. The van der Waals surface area contributed by atoms with E-state index in [9.17, 15) is 9.59 Å². The molecule has 0 aromatic carbocycles. The number of hydrogen-bond donors (Lipinski definition) is 2. The fourth-order valence-corrected chi connectivity index (χ4v) is 1.05. The van der Waals surface area contributed by atoms with Gasteiger partial charge in [-0.2, -0.15) is 0 Å². The number of carbonyl (C=O) groups is 2. The standard InChI is InChI=1S/C6H10N2O3/c1-3-2-4(5(9)11-3)8-6(7)10/h3-4H,2H2,1H3,(H3,7,8,10). The maximum absolute atomic E-state index is 10.8. The molecule has 3 N–H and O–H groups in total. The Morgan fingerprint density at radius 3 is 2.82 bits per heavy atom. The van der Waals surface area contributed by atoms with Gasteiger partial charge in [0.25, 0.3) is 0 Å². The Hall–Kier alpha value is -1.26. The fourth-order valence-electron chi connectivity index (χ4n) is 1.05. The molecule has 1 saturated heterocycles. The van der Waals surface area contributed by atoms with Crippen molar-refractivity contribution in [1.82, 2.24) is 5.32 Å². The Morgan fingerprint density at radius 2 is 2.45 bits per heavy atom. The van der Waals surface area contributed by atoms with Crippen LogP contribution in [0.15, 0.2) is 0 Å². The van der Waals surface area contributed by atoms with Crippen molar-refractivity contribution in [1.29, 1.82) is 0 Å². The van der Waals surface area contributed by atoms with Gasteiger partial charge in [0.1, 0.15) is 12.1 Å². The van der Waals surface area contributed by atoms with E-state index in [-0.39, 0.29) is 6.10 Å². The second-order valence-electron chi connectivity index (χ2n) is 2.54. The molecule has 0 aromatic rings. The molecule has 1 heterocycles. The maximum Gasteiger partial charge on any atom is 0.329 e. The molecule has 62 valence electrons. The first-order valence-corrected chi connectivity index (χ1v) is 3.36. The van der Waals surface area contributed by atoms with Gasteiger partial charge in [0.2, 0.25) is 0 Å². The van der Waals surface area contributed by atoms with E-state index < -0.39 is 18.0 Å². The molecule has 2 amide bonds. The van der Waals surface area contributed by atoms with Gasteiger partial charge in [-0.15, -0.1) is 0 Å². The smallest absolute Gasteiger partial charge is 0.329 e. The van der Waals surface area contributed by atoms with E-state index in [1.54, 1.807) is 6.92 Å². The van der Waals surface area contributed by atoms with E-state index in [1.807, 2.05) is 0 Å². The van der Waals surface area contributed by atoms with Crippen molar-refractivity contribution in [2.24, 2.45) is 5.73 Å². The SMILES string of the molecule is CC1CC(NC(N)=O)C(=O)O1. The summed E-state index contributed by atoms with van der Waals surface area (Å²) in [7, 11) is 0. The van der Waals surface area contributed by atoms with Crippen LogP contribution < -0.4 is 11.1 Å². The van der Waals surface area contributed by atoms with E-state index in [1.165, 1.54) is 0 Å². The van der Waals surface area contributed by atoms with Crippen LogP contribution in [-0.2, 0) is 9.53 Å². The van der Waals surface area contributed by atoms with Gasteiger partial charge in [0.15, 0.2) is 0 Å². The molecule has 0 radical (unpaired) electrons.